The van der Waals surface area contributed by atoms with Crippen molar-refractivity contribution in [3.05, 3.63) is 35.2 Å². The van der Waals surface area contributed by atoms with Crippen molar-refractivity contribution in [3.63, 3.8) is 0 Å². The molecule has 14 heavy (non-hydrogen) atoms. The van der Waals surface area contributed by atoms with Crippen LogP contribution in [-0.4, -0.2) is 4.98 Å². The number of aromatic nitrogens is 1. The van der Waals surface area contributed by atoms with Crippen LogP contribution < -0.4 is 0 Å². The Balaban J connectivity index is 2.63. The number of nitriles is 1. The number of aromatic amines is 1. The van der Waals surface area contributed by atoms with Gasteiger partial charge in [-0.15, -0.1) is 0 Å². The topological polar surface area (TPSA) is 52.7 Å². The predicted octanol–water partition coefficient (Wildman–Crippen LogP) is 2.76. The van der Waals surface area contributed by atoms with Gasteiger partial charge in [-0.3, -0.25) is 0 Å². The third kappa shape index (κ3) is 1.12. The van der Waals surface area contributed by atoms with Crippen molar-refractivity contribution < 1.29 is 4.42 Å². The summed E-state index contributed by atoms with van der Waals surface area (Å²) >= 11 is 0. The number of aryl methyl sites for hydroxylation is 1. The Morgan fingerprint density at radius 1 is 1.43 bits per heavy atom. The van der Waals surface area contributed by atoms with Crippen LogP contribution >= 0.6 is 0 Å². The lowest BCUT2D eigenvalue weighted by Crippen LogP contribution is -1.78. The molecule has 3 heteroatoms. The summed E-state index contributed by atoms with van der Waals surface area (Å²) in [5.74, 6) is 0.770. The van der Waals surface area contributed by atoms with Crippen LogP contribution in [0, 0.1) is 25.2 Å². The number of furan rings is 1. The summed E-state index contributed by atoms with van der Waals surface area (Å²) in [4.78, 5) is 3.15. The molecule has 0 atom stereocenters. The van der Waals surface area contributed by atoms with Crippen LogP contribution in [-0.2, 0) is 0 Å². The highest BCUT2D eigenvalue weighted by Crippen LogP contribution is 2.26. The molecule has 0 radical (unpaired) electrons. The van der Waals surface area contributed by atoms with E-state index in [4.69, 9.17) is 9.68 Å². The summed E-state index contributed by atoms with van der Waals surface area (Å²) in [6.45, 7) is 3.80. The molecule has 0 aliphatic rings. The van der Waals surface area contributed by atoms with Crippen LogP contribution in [0.4, 0.5) is 0 Å². The number of rotatable bonds is 1. The Hall–Kier alpha value is -1.95. The highest BCUT2D eigenvalue weighted by Gasteiger charge is 2.13. The van der Waals surface area contributed by atoms with Gasteiger partial charge in [-0.1, -0.05) is 0 Å². The number of nitrogens with one attached hydrogen (secondary N) is 1. The van der Waals surface area contributed by atoms with E-state index in [-0.39, 0.29) is 0 Å². The van der Waals surface area contributed by atoms with Gasteiger partial charge in [0.25, 0.3) is 0 Å². The second-order valence-electron chi connectivity index (χ2n) is 3.21. The number of H-pyrrole nitrogens is 1. The Morgan fingerprint density at radius 3 is 2.71 bits per heavy atom. The van der Waals surface area contributed by atoms with Gasteiger partial charge >= 0.3 is 0 Å². The molecular formula is C11H10N2O. The van der Waals surface area contributed by atoms with Crippen LogP contribution in [0.3, 0.4) is 0 Å². The van der Waals surface area contributed by atoms with E-state index in [0.29, 0.717) is 5.56 Å². The van der Waals surface area contributed by atoms with Crippen LogP contribution in [0.2, 0.25) is 0 Å². The lowest BCUT2D eigenvalue weighted by Gasteiger charge is -1.93. The third-order valence-corrected chi connectivity index (χ3v) is 2.32. The molecule has 0 spiro atoms. The molecule has 0 aromatic carbocycles. The minimum absolute atomic E-state index is 0.705. The lowest BCUT2D eigenvalue weighted by atomic mass is 10.1. The van der Waals surface area contributed by atoms with Gasteiger partial charge in [0.2, 0.25) is 0 Å². The smallest absolute Gasteiger partial charge is 0.150 e. The lowest BCUT2D eigenvalue weighted by molar-refractivity contribution is 0.580. The minimum atomic E-state index is 0.705. The average molecular weight is 186 g/mol. The molecule has 2 aromatic heterocycles. The van der Waals surface area contributed by atoms with E-state index in [9.17, 15) is 0 Å². The molecule has 0 unspecified atom stereocenters. The molecule has 70 valence electrons. The van der Waals surface area contributed by atoms with Crippen molar-refractivity contribution in [3.8, 4) is 17.5 Å². The summed E-state index contributed by atoms with van der Waals surface area (Å²) in [6.07, 6.45) is 1.62. The summed E-state index contributed by atoms with van der Waals surface area (Å²) in [7, 11) is 0. The van der Waals surface area contributed by atoms with Gasteiger partial charge in [-0.2, -0.15) is 5.26 Å². The molecule has 1 N–H and O–H groups in total. The summed E-state index contributed by atoms with van der Waals surface area (Å²) < 4.78 is 5.27. The third-order valence-electron chi connectivity index (χ3n) is 2.32. The molecule has 0 bridgehead atoms. The van der Waals surface area contributed by atoms with E-state index in [0.717, 1.165) is 22.7 Å². The maximum atomic E-state index is 8.91. The SMILES string of the molecule is Cc1[nH]c(-c2ccco2)c(C)c1C#N. The first kappa shape index (κ1) is 8.64. The molecule has 0 aliphatic carbocycles. The largest absolute Gasteiger partial charge is 0.463 e. The van der Waals surface area contributed by atoms with Crippen molar-refractivity contribution in [1.82, 2.24) is 4.98 Å². The fraction of sp³-hybridized carbons (Fsp3) is 0.182. The number of hydrogen-bond donors (Lipinski definition) is 1. The van der Waals surface area contributed by atoms with Gasteiger partial charge in [0.1, 0.15) is 11.8 Å². The predicted molar refractivity (Wildman–Crippen MR) is 52.7 cm³/mol. The normalized spacial score (nSPS) is 10.1. The van der Waals surface area contributed by atoms with Gasteiger partial charge < -0.3 is 9.40 Å². The van der Waals surface area contributed by atoms with Gasteiger partial charge in [-0.25, -0.2) is 0 Å². The monoisotopic (exact) mass is 186 g/mol. The van der Waals surface area contributed by atoms with Crippen molar-refractivity contribution in [2.24, 2.45) is 0 Å². The fourth-order valence-electron chi connectivity index (χ4n) is 1.58. The number of hydrogen-bond acceptors (Lipinski definition) is 2. The first-order valence-electron chi connectivity index (χ1n) is 4.37. The van der Waals surface area contributed by atoms with Gasteiger partial charge in [0, 0.05) is 5.69 Å². The zero-order valence-electron chi connectivity index (χ0n) is 8.09. The second kappa shape index (κ2) is 3.08. The standard InChI is InChI=1S/C11H10N2O/c1-7-9(6-12)8(2)13-11(7)10-4-3-5-14-10/h3-5,13H,1-2H3. The maximum absolute atomic E-state index is 8.91. The molecule has 2 heterocycles. The van der Waals surface area contributed by atoms with Crippen LogP contribution in [0.5, 0.6) is 0 Å². The van der Waals surface area contributed by atoms with Gasteiger partial charge in [0.15, 0.2) is 0 Å². The Kier molecular flexibility index (Phi) is 1.90. The van der Waals surface area contributed by atoms with Gasteiger partial charge in [0.05, 0.1) is 17.5 Å². The molecular weight excluding hydrogens is 176 g/mol. The van der Waals surface area contributed by atoms with Crippen molar-refractivity contribution in [2.75, 3.05) is 0 Å². The maximum Gasteiger partial charge on any atom is 0.150 e. The van der Waals surface area contributed by atoms with Crippen LogP contribution in [0.25, 0.3) is 11.5 Å². The van der Waals surface area contributed by atoms with E-state index in [1.54, 1.807) is 6.26 Å². The molecule has 0 aliphatic heterocycles. The molecule has 0 fully saturated rings. The Bertz CT molecular complexity index is 486. The van der Waals surface area contributed by atoms with Crippen molar-refractivity contribution in [1.29, 1.82) is 5.26 Å². The zero-order chi connectivity index (χ0) is 10.1. The van der Waals surface area contributed by atoms with E-state index in [1.807, 2.05) is 26.0 Å². The van der Waals surface area contributed by atoms with E-state index in [2.05, 4.69) is 11.1 Å². The highest BCUT2D eigenvalue weighted by molar-refractivity contribution is 5.63. The second-order valence-corrected chi connectivity index (χ2v) is 3.21. The highest BCUT2D eigenvalue weighted by atomic mass is 16.3. The molecule has 0 saturated heterocycles. The summed E-state index contributed by atoms with van der Waals surface area (Å²) in [6, 6.07) is 5.88. The molecule has 0 amide bonds. The summed E-state index contributed by atoms with van der Waals surface area (Å²) in [5.41, 5.74) is 3.43. The summed E-state index contributed by atoms with van der Waals surface area (Å²) in [5, 5.41) is 8.91. The zero-order valence-corrected chi connectivity index (χ0v) is 8.09. The quantitative estimate of drug-likeness (QED) is 0.744. The van der Waals surface area contributed by atoms with Crippen LogP contribution in [0.15, 0.2) is 22.8 Å². The first-order valence-corrected chi connectivity index (χ1v) is 4.37. The molecule has 3 nitrogen and oxygen atoms in total. The van der Waals surface area contributed by atoms with E-state index >= 15 is 0 Å². The van der Waals surface area contributed by atoms with Gasteiger partial charge in [-0.05, 0) is 31.5 Å². The molecule has 0 saturated carbocycles. The van der Waals surface area contributed by atoms with Crippen LogP contribution in [0.1, 0.15) is 16.8 Å². The average Bonchev–Trinajstić information content (AvgIpc) is 2.74. The van der Waals surface area contributed by atoms with E-state index in [1.165, 1.54) is 0 Å². The van der Waals surface area contributed by atoms with Crippen molar-refractivity contribution >= 4 is 0 Å². The number of nitrogens with zero attached hydrogens (tertiary/aromatic N) is 1. The molecule has 2 rings (SSSR count). The first-order chi connectivity index (χ1) is 6.74. The minimum Gasteiger partial charge on any atom is -0.463 e. The Morgan fingerprint density at radius 2 is 2.21 bits per heavy atom. The van der Waals surface area contributed by atoms with Crippen molar-refractivity contribution in [2.45, 2.75) is 13.8 Å². The Labute approximate surface area is 82.0 Å². The van der Waals surface area contributed by atoms with E-state index < -0.39 is 0 Å². The molecule has 2 aromatic rings. The fourth-order valence-corrected chi connectivity index (χ4v) is 1.58.